The number of hydrogen-bond donors (Lipinski definition) is 1. The van der Waals surface area contributed by atoms with Gasteiger partial charge in [-0.25, -0.2) is 0 Å². The van der Waals surface area contributed by atoms with Gasteiger partial charge in [-0.1, -0.05) is 62.9 Å². The van der Waals surface area contributed by atoms with Crippen LogP contribution in [0.2, 0.25) is 0 Å². The predicted molar refractivity (Wildman–Crippen MR) is 116 cm³/mol. The summed E-state index contributed by atoms with van der Waals surface area (Å²) >= 11 is 0. The standard InChI is InChI=1S/C25H30N2O2/c1-18(2)17-29-23-12-11-22(15-20(23)16-26)27-24(28)25(13-5-4-6-14-25)21-9-7-19(3)8-10-21/h7-12,15,18H,4-6,13-14,17H2,1-3H3,(H,27,28). The van der Waals surface area contributed by atoms with Gasteiger partial charge in [0.05, 0.1) is 17.6 Å². The zero-order valence-electron chi connectivity index (χ0n) is 17.6. The molecule has 3 rings (SSSR count). The van der Waals surface area contributed by atoms with Crippen LogP contribution in [0, 0.1) is 24.2 Å². The Bertz CT molecular complexity index is 888. The summed E-state index contributed by atoms with van der Waals surface area (Å²) in [5.74, 6) is 0.951. The van der Waals surface area contributed by atoms with E-state index in [2.05, 4.69) is 56.4 Å². The van der Waals surface area contributed by atoms with Gasteiger partial charge in [-0.05, 0) is 49.4 Å². The molecule has 4 nitrogen and oxygen atoms in total. The number of benzene rings is 2. The molecule has 0 aliphatic heterocycles. The van der Waals surface area contributed by atoms with E-state index in [4.69, 9.17) is 4.74 Å². The average molecular weight is 391 g/mol. The lowest BCUT2D eigenvalue weighted by Crippen LogP contribution is -2.42. The summed E-state index contributed by atoms with van der Waals surface area (Å²) in [6.07, 6.45) is 4.96. The van der Waals surface area contributed by atoms with Gasteiger partial charge in [0, 0.05) is 5.69 Å². The first-order valence-electron chi connectivity index (χ1n) is 10.5. The SMILES string of the molecule is Cc1ccc(C2(C(=O)Nc3ccc(OCC(C)C)c(C#N)c3)CCCCC2)cc1. The van der Waals surface area contributed by atoms with Crippen molar-refractivity contribution in [1.29, 1.82) is 5.26 Å². The van der Waals surface area contributed by atoms with Crippen molar-refractivity contribution in [2.75, 3.05) is 11.9 Å². The average Bonchev–Trinajstić information content (AvgIpc) is 2.73. The predicted octanol–water partition coefficient (Wildman–Crippen LogP) is 5.74. The number of ether oxygens (including phenoxy) is 1. The van der Waals surface area contributed by atoms with Gasteiger partial charge in [0.1, 0.15) is 11.8 Å². The lowest BCUT2D eigenvalue weighted by Gasteiger charge is -2.36. The Morgan fingerprint density at radius 2 is 1.83 bits per heavy atom. The van der Waals surface area contributed by atoms with E-state index in [1.807, 2.05) is 6.07 Å². The molecule has 0 radical (unpaired) electrons. The molecule has 1 aliphatic carbocycles. The highest BCUT2D eigenvalue weighted by Crippen LogP contribution is 2.40. The van der Waals surface area contributed by atoms with E-state index in [1.165, 1.54) is 12.0 Å². The zero-order valence-corrected chi connectivity index (χ0v) is 17.6. The number of amides is 1. The van der Waals surface area contributed by atoms with Crippen LogP contribution in [-0.4, -0.2) is 12.5 Å². The highest BCUT2D eigenvalue weighted by Gasteiger charge is 2.41. The molecule has 4 heteroatoms. The van der Waals surface area contributed by atoms with Crippen LogP contribution in [0.25, 0.3) is 0 Å². The molecular weight excluding hydrogens is 360 g/mol. The van der Waals surface area contributed by atoms with Crippen molar-refractivity contribution in [2.45, 2.75) is 58.3 Å². The number of rotatable bonds is 6. The molecule has 152 valence electrons. The first kappa shape index (κ1) is 20.9. The summed E-state index contributed by atoms with van der Waals surface area (Å²) in [5.41, 5.74) is 2.84. The molecule has 2 aromatic carbocycles. The Hall–Kier alpha value is -2.80. The number of nitriles is 1. The Morgan fingerprint density at radius 1 is 1.14 bits per heavy atom. The summed E-state index contributed by atoms with van der Waals surface area (Å²) in [4.78, 5) is 13.4. The Morgan fingerprint density at radius 3 is 2.45 bits per heavy atom. The molecule has 1 fully saturated rings. The molecule has 0 heterocycles. The lowest BCUT2D eigenvalue weighted by atomic mass is 9.68. The number of carbonyl (C=O) groups excluding carboxylic acids is 1. The Balaban J connectivity index is 1.84. The maximum absolute atomic E-state index is 13.4. The molecule has 0 bridgehead atoms. The van der Waals surface area contributed by atoms with E-state index in [0.29, 0.717) is 29.5 Å². The molecule has 29 heavy (non-hydrogen) atoms. The first-order chi connectivity index (χ1) is 13.9. The molecule has 0 saturated heterocycles. The molecule has 1 amide bonds. The van der Waals surface area contributed by atoms with Gasteiger partial charge in [0.15, 0.2) is 0 Å². The van der Waals surface area contributed by atoms with Crippen molar-refractivity contribution in [3.05, 3.63) is 59.2 Å². The monoisotopic (exact) mass is 390 g/mol. The summed E-state index contributed by atoms with van der Waals surface area (Å²) in [6, 6.07) is 15.8. The first-order valence-corrected chi connectivity index (χ1v) is 10.5. The van der Waals surface area contributed by atoms with Gasteiger partial charge in [-0.2, -0.15) is 5.26 Å². The quantitative estimate of drug-likeness (QED) is 0.684. The maximum atomic E-state index is 13.4. The van der Waals surface area contributed by atoms with Crippen LogP contribution in [0.5, 0.6) is 5.75 Å². The summed E-state index contributed by atoms with van der Waals surface area (Å²) in [6.45, 7) is 6.74. The van der Waals surface area contributed by atoms with E-state index >= 15 is 0 Å². The normalized spacial score (nSPS) is 15.6. The van der Waals surface area contributed by atoms with Crippen molar-refractivity contribution in [3.8, 4) is 11.8 Å². The zero-order chi connectivity index (χ0) is 20.9. The molecule has 1 aliphatic rings. The number of carbonyl (C=O) groups is 1. The third-order valence-corrected chi connectivity index (χ3v) is 5.68. The van der Waals surface area contributed by atoms with Crippen LogP contribution in [0.4, 0.5) is 5.69 Å². The lowest BCUT2D eigenvalue weighted by molar-refractivity contribution is -0.122. The van der Waals surface area contributed by atoms with Gasteiger partial charge in [0.25, 0.3) is 0 Å². The number of hydrogen-bond acceptors (Lipinski definition) is 3. The maximum Gasteiger partial charge on any atom is 0.235 e. The van der Waals surface area contributed by atoms with Crippen molar-refractivity contribution in [2.24, 2.45) is 5.92 Å². The highest BCUT2D eigenvalue weighted by atomic mass is 16.5. The minimum atomic E-state index is -0.508. The summed E-state index contributed by atoms with van der Waals surface area (Å²) in [5, 5.41) is 12.6. The molecule has 1 N–H and O–H groups in total. The minimum Gasteiger partial charge on any atom is -0.492 e. The Labute approximate surface area is 173 Å². The van der Waals surface area contributed by atoms with Gasteiger partial charge in [-0.15, -0.1) is 0 Å². The van der Waals surface area contributed by atoms with Crippen LogP contribution in [0.15, 0.2) is 42.5 Å². The smallest absolute Gasteiger partial charge is 0.235 e. The van der Waals surface area contributed by atoms with Crippen LogP contribution < -0.4 is 10.1 Å². The van der Waals surface area contributed by atoms with E-state index in [0.717, 1.165) is 31.2 Å². The number of aryl methyl sites for hydroxylation is 1. The number of anilines is 1. The van der Waals surface area contributed by atoms with Crippen molar-refractivity contribution < 1.29 is 9.53 Å². The van der Waals surface area contributed by atoms with Gasteiger partial charge in [0.2, 0.25) is 5.91 Å². The largest absolute Gasteiger partial charge is 0.492 e. The van der Waals surface area contributed by atoms with E-state index in [1.54, 1.807) is 12.1 Å². The molecule has 0 unspecified atom stereocenters. The van der Waals surface area contributed by atoms with Crippen LogP contribution in [0.1, 0.15) is 62.6 Å². The topological polar surface area (TPSA) is 62.1 Å². The fraction of sp³-hybridized carbons (Fsp3) is 0.440. The molecule has 0 spiro atoms. The minimum absolute atomic E-state index is 0.0146. The number of nitrogens with zero attached hydrogens (tertiary/aromatic N) is 1. The number of nitrogens with one attached hydrogen (secondary N) is 1. The van der Waals surface area contributed by atoms with Gasteiger partial charge in [-0.3, -0.25) is 4.79 Å². The second-order valence-electron chi connectivity index (χ2n) is 8.49. The fourth-order valence-electron chi connectivity index (χ4n) is 4.00. The van der Waals surface area contributed by atoms with E-state index in [9.17, 15) is 10.1 Å². The molecular formula is C25H30N2O2. The third kappa shape index (κ3) is 4.79. The van der Waals surface area contributed by atoms with Gasteiger partial charge >= 0.3 is 0 Å². The molecule has 2 aromatic rings. The van der Waals surface area contributed by atoms with Crippen LogP contribution in [0.3, 0.4) is 0 Å². The fourth-order valence-corrected chi connectivity index (χ4v) is 4.00. The van der Waals surface area contributed by atoms with Gasteiger partial charge < -0.3 is 10.1 Å². The van der Waals surface area contributed by atoms with Crippen LogP contribution >= 0.6 is 0 Å². The van der Waals surface area contributed by atoms with E-state index < -0.39 is 5.41 Å². The Kier molecular flexibility index (Phi) is 6.59. The van der Waals surface area contributed by atoms with Crippen LogP contribution in [-0.2, 0) is 10.2 Å². The molecule has 0 atom stereocenters. The second-order valence-corrected chi connectivity index (χ2v) is 8.49. The third-order valence-electron chi connectivity index (χ3n) is 5.68. The van der Waals surface area contributed by atoms with Crippen molar-refractivity contribution >= 4 is 11.6 Å². The molecule has 1 saturated carbocycles. The highest BCUT2D eigenvalue weighted by molar-refractivity contribution is 5.99. The summed E-state index contributed by atoms with van der Waals surface area (Å²) in [7, 11) is 0. The molecule has 0 aromatic heterocycles. The van der Waals surface area contributed by atoms with Crippen molar-refractivity contribution in [1.82, 2.24) is 0 Å². The van der Waals surface area contributed by atoms with E-state index in [-0.39, 0.29) is 5.91 Å². The van der Waals surface area contributed by atoms with Crippen molar-refractivity contribution in [3.63, 3.8) is 0 Å². The second kappa shape index (κ2) is 9.13. The summed E-state index contributed by atoms with van der Waals surface area (Å²) < 4.78 is 5.73.